The number of aromatic nitrogens is 4. The molecule has 0 radical (unpaired) electrons. The van der Waals surface area contributed by atoms with E-state index in [-0.39, 0.29) is 11.1 Å². The third kappa shape index (κ3) is 4.49. The molecule has 1 aliphatic heterocycles. The van der Waals surface area contributed by atoms with Crippen molar-refractivity contribution >= 4 is 16.7 Å². The molecule has 0 saturated carbocycles. The maximum absolute atomic E-state index is 13.3. The first-order valence-electron chi connectivity index (χ1n) is 11.8. The van der Waals surface area contributed by atoms with Gasteiger partial charge < -0.3 is 4.90 Å². The molecule has 0 aliphatic carbocycles. The maximum Gasteiger partial charge on any atom is 0.278 e. The van der Waals surface area contributed by atoms with Gasteiger partial charge in [0.15, 0.2) is 0 Å². The van der Waals surface area contributed by atoms with Crippen LogP contribution in [0, 0.1) is 0 Å². The molecule has 0 spiro atoms. The van der Waals surface area contributed by atoms with Crippen LogP contribution in [0.5, 0.6) is 0 Å². The Kier molecular flexibility index (Phi) is 6.49. The van der Waals surface area contributed by atoms with Crippen LogP contribution in [0.4, 0.5) is 5.95 Å². The largest absolute Gasteiger partial charge is 0.338 e. The molecule has 0 amide bonds. The number of hydrogen-bond acceptors (Lipinski definition) is 6. The Morgan fingerprint density at radius 1 is 0.676 bits per heavy atom. The number of piperazine rings is 1. The zero-order valence-electron chi connectivity index (χ0n) is 19.1. The molecule has 8 heteroatoms. The molecule has 4 aromatic rings. The third-order valence-electron chi connectivity index (χ3n) is 6.36. The van der Waals surface area contributed by atoms with Crippen LogP contribution in [-0.2, 0) is 6.54 Å². The number of hydrogen-bond donors (Lipinski definition) is 0. The van der Waals surface area contributed by atoms with Crippen LogP contribution < -0.4 is 16.0 Å². The molecule has 5 rings (SSSR count). The van der Waals surface area contributed by atoms with Crippen molar-refractivity contribution in [3.05, 3.63) is 93.8 Å². The molecule has 8 nitrogen and oxygen atoms in total. The highest BCUT2D eigenvalue weighted by Gasteiger charge is 2.19. The Balaban J connectivity index is 1.27. The van der Waals surface area contributed by atoms with Gasteiger partial charge in [0.25, 0.3) is 11.1 Å². The third-order valence-corrected chi connectivity index (χ3v) is 6.36. The van der Waals surface area contributed by atoms with Crippen molar-refractivity contribution in [1.82, 2.24) is 24.2 Å². The average molecular weight is 457 g/mol. The molecule has 0 unspecified atom stereocenters. The van der Waals surface area contributed by atoms with Crippen LogP contribution in [-0.4, -0.2) is 57.0 Å². The van der Waals surface area contributed by atoms with E-state index in [4.69, 9.17) is 0 Å². The van der Waals surface area contributed by atoms with Crippen LogP contribution in [0.1, 0.15) is 12.8 Å². The normalized spacial score (nSPS) is 14.5. The lowest BCUT2D eigenvalue weighted by Crippen LogP contribution is -2.47. The summed E-state index contributed by atoms with van der Waals surface area (Å²) in [7, 11) is 0. The van der Waals surface area contributed by atoms with Crippen molar-refractivity contribution in [1.29, 1.82) is 0 Å². The number of anilines is 1. The standard InChI is InChI=1S/C26H28N6O2/c33-24-22-11-4-5-12-23(22)25(34)32(21-9-2-1-3-10-21)31(24)16-7-6-15-29-17-19-30(20-18-29)26-27-13-8-14-28-26/h1-5,8-14H,6-7,15-20H2. The van der Waals surface area contributed by atoms with Crippen molar-refractivity contribution in [2.45, 2.75) is 19.4 Å². The van der Waals surface area contributed by atoms with Gasteiger partial charge in [-0.25, -0.2) is 19.3 Å². The number of unbranched alkanes of at least 4 members (excludes halogenated alkanes) is 1. The van der Waals surface area contributed by atoms with Crippen molar-refractivity contribution in [2.24, 2.45) is 0 Å². The van der Waals surface area contributed by atoms with Crippen LogP contribution >= 0.6 is 0 Å². The quantitative estimate of drug-likeness (QED) is 0.398. The fraction of sp³-hybridized carbons (Fsp3) is 0.308. The van der Waals surface area contributed by atoms with E-state index < -0.39 is 0 Å². The predicted octanol–water partition coefficient (Wildman–Crippen LogP) is 2.54. The summed E-state index contributed by atoms with van der Waals surface area (Å²) in [6.45, 7) is 5.18. The number of nitrogens with zero attached hydrogens (tertiary/aromatic N) is 6. The van der Waals surface area contributed by atoms with Gasteiger partial charge in [-0.05, 0) is 49.7 Å². The van der Waals surface area contributed by atoms with Gasteiger partial charge in [-0.2, -0.15) is 0 Å². The van der Waals surface area contributed by atoms with Crippen LogP contribution in [0.25, 0.3) is 16.5 Å². The topological polar surface area (TPSA) is 76.3 Å². The fourth-order valence-electron chi connectivity index (χ4n) is 4.56. The van der Waals surface area contributed by atoms with Gasteiger partial charge in [0.1, 0.15) is 0 Å². The molecule has 0 atom stereocenters. The van der Waals surface area contributed by atoms with Crippen molar-refractivity contribution in [2.75, 3.05) is 37.6 Å². The first-order chi connectivity index (χ1) is 16.7. The lowest BCUT2D eigenvalue weighted by atomic mass is 10.2. The number of para-hydroxylation sites is 1. The summed E-state index contributed by atoms with van der Waals surface area (Å²) in [5.41, 5.74) is 0.408. The smallest absolute Gasteiger partial charge is 0.278 e. The second-order valence-corrected chi connectivity index (χ2v) is 8.51. The zero-order chi connectivity index (χ0) is 23.3. The maximum atomic E-state index is 13.3. The Bertz CT molecular complexity index is 1360. The lowest BCUT2D eigenvalue weighted by molar-refractivity contribution is 0.249. The van der Waals surface area contributed by atoms with Crippen LogP contribution in [0.15, 0.2) is 82.6 Å². The molecule has 0 bridgehead atoms. The van der Waals surface area contributed by atoms with Gasteiger partial charge in [-0.3, -0.25) is 14.5 Å². The van der Waals surface area contributed by atoms with Gasteiger partial charge in [0.05, 0.1) is 16.5 Å². The van der Waals surface area contributed by atoms with Crippen molar-refractivity contribution < 1.29 is 0 Å². The second kappa shape index (κ2) is 10.0. The highest BCUT2D eigenvalue weighted by Crippen LogP contribution is 2.12. The van der Waals surface area contributed by atoms with Crippen molar-refractivity contribution in [3.63, 3.8) is 0 Å². The zero-order valence-corrected chi connectivity index (χ0v) is 19.1. The van der Waals surface area contributed by atoms with E-state index in [1.807, 2.05) is 36.4 Å². The molecule has 174 valence electrons. The summed E-state index contributed by atoms with van der Waals surface area (Å²) in [6.07, 6.45) is 5.31. The van der Waals surface area contributed by atoms with Gasteiger partial charge >= 0.3 is 0 Å². The predicted molar refractivity (Wildman–Crippen MR) is 134 cm³/mol. The minimum atomic E-state index is -0.166. The Hall–Kier alpha value is -3.78. The highest BCUT2D eigenvalue weighted by molar-refractivity contribution is 5.80. The van der Waals surface area contributed by atoms with E-state index in [0.29, 0.717) is 23.0 Å². The second-order valence-electron chi connectivity index (χ2n) is 8.51. The average Bonchev–Trinajstić information content (AvgIpc) is 2.90. The highest BCUT2D eigenvalue weighted by atomic mass is 16.2. The molecular weight excluding hydrogens is 428 g/mol. The molecule has 2 aromatic carbocycles. The van der Waals surface area contributed by atoms with Crippen molar-refractivity contribution in [3.8, 4) is 5.69 Å². The van der Waals surface area contributed by atoms with E-state index >= 15 is 0 Å². The summed E-state index contributed by atoms with van der Waals surface area (Å²) < 4.78 is 3.13. The summed E-state index contributed by atoms with van der Waals surface area (Å²) in [4.78, 5) is 40.0. The van der Waals surface area contributed by atoms with Crippen LogP contribution in [0.2, 0.25) is 0 Å². The number of rotatable bonds is 7. The molecule has 34 heavy (non-hydrogen) atoms. The van der Waals surface area contributed by atoms with Gasteiger partial charge in [0, 0.05) is 45.1 Å². The summed E-state index contributed by atoms with van der Waals surface area (Å²) in [6, 6.07) is 18.3. The molecule has 1 aliphatic rings. The first kappa shape index (κ1) is 22.0. The summed E-state index contributed by atoms with van der Waals surface area (Å²) >= 11 is 0. The molecule has 2 aromatic heterocycles. The Morgan fingerprint density at radius 3 is 2.00 bits per heavy atom. The van der Waals surface area contributed by atoms with E-state index in [1.54, 1.807) is 41.3 Å². The van der Waals surface area contributed by atoms with Gasteiger partial charge in [0.2, 0.25) is 5.95 Å². The van der Waals surface area contributed by atoms with Gasteiger partial charge in [-0.1, -0.05) is 30.3 Å². The summed E-state index contributed by atoms with van der Waals surface area (Å²) in [5.74, 6) is 0.789. The molecule has 1 saturated heterocycles. The van der Waals surface area contributed by atoms with E-state index in [1.165, 1.54) is 4.68 Å². The van der Waals surface area contributed by atoms with Crippen LogP contribution in [0.3, 0.4) is 0 Å². The molecule has 0 N–H and O–H groups in total. The molecule has 1 fully saturated rings. The Morgan fingerprint density at radius 2 is 1.29 bits per heavy atom. The molecule has 3 heterocycles. The monoisotopic (exact) mass is 456 g/mol. The first-order valence-corrected chi connectivity index (χ1v) is 11.8. The Labute approximate surface area is 197 Å². The van der Waals surface area contributed by atoms with Gasteiger partial charge in [-0.15, -0.1) is 0 Å². The van der Waals surface area contributed by atoms with E-state index in [0.717, 1.165) is 51.5 Å². The van der Waals surface area contributed by atoms with E-state index in [9.17, 15) is 9.59 Å². The minimum absolute atomic E-state index is 0.129. The lowest BCUT2D eigenvalue weighted by Gasteiger charge is -2.34. The fourth-order valence-corrected chi connectivity index (χ4v) is 4.56. The molecular formula is C26H28N6O2. The number of fused-ring (bicyclic) bond motifs is 1. The SMILES string of the molecule is O=c1c2ccccc2c(=O)n(-c2ccccc2)n1CCCCN1CCN(c2ncccn2)CC1. The minimum Gasteiger partial charge on any atom is -0.338 e. The number of benzene rings is 2. The van der Waals surface area contributed by atoms with E-state index in [2.05, 4.69) is 19.8 Å². The summed E-state index contributed by atoms with van der Waals surface area (Å²) in [5, 5.41) is 0.923.